The van der Waals surface area contributed by atoms with Crippen molar-refractivity contribution >= 4 is 40.8 Å². The van der Waals surface area contributed by atoms with Gasteiger partial charge in [-0.2, -0.15) is 0 Å². The number of nitrogens with two attached hydrogens (primary N) is 1. The second-order valence-corrected chi connectivity index (χ2v) is 9.64. The van der Waals surface area contributed by atoms with Crippen molar-refractivity contribution in [2.75, 3.05) is 33.1 Å². The van der Waals surface area contributed by atoms with Crippen LogP contribution in [0.25, 0.3) is 11.1 Å². The summed E-state index contributed by atoms with van der Waals surface area (Å²) >= 11 is 0.722. The second kappa shape index (κ2) is 14.3. The molecule has 2 aromatic rings. The summed E-state index contributed by atoms with van der Waals surface area (Å²) in [6, 6.07) is 13.7. The molecule has 2 aromatic carbocycles. The van der Waals surface area contributed by atoms with E-state index < -0.39 is 47.7 Å². The fourth-order valence-electron chi connectivity index (χ4n) is 4.14. The van der Waals surface area contributed by atoms with Crippen molar-refractivity contribution in [3.63, 3.8) is 0 Å². The molecular formula is C27H31N3O8S. The first-order valence-corrected chi connectivity index (χ1v) is 13.2. The molecule has 0 radical (unpaired) electrons. The summed E-state index contributed by atoms with van der Waals surface area (Å²) in [6.07, 6.45) is -0.165. The number of amides is 2. The summed E-state index contributed by atoms with van der Waals surface area (Å²) < 4.78 is 14.6. The molecule has 0 aromatic heterocycles. The number of thioether (sulfide) groups is 1. The molecule has 0 spiro atoms. The molecule has 0 bridgehead atoms. The molecule has 4 N–H and O–H groups in total. The normalized spacial score (nSPS) is 13.3. The van der Waals surface area contributed by atoms with Crippen LogP contribution in [0, 0.1) is 0 Å². The van der Waals surface area contributed by atoms with Crippen LogP contribution in [0.4, 0.5) is 4.79 Å². The zero-order valence-electron chi connectivity index (χ0n) is 21.6. The fraction of sp³-hybridized carbons (Fsp3) is 0.370. The quantitative estimate of drug-likeness (QED) is 0.259. The summed E-state index contributed by atoms with van der Waals surface area (Å²) in [5.74, 6) is -2.88. The number of methoxy groups -OCH3 is 2. The van der Waals surface area contributed by atoms with Gasteiger partial charge < -0.3 is 30.6 Å². The molecule has 208 valence electrons. The summed E-state index contributed by atoms with van der Waals surface area (Å²) in [5.41, 5.74) is 9.98. The molecule has 0 heterocycles. The number of carbonyl (C=O) groups is 5. The average molecular weight is 558 g/mol. The molecule has 3 rings (SSSR count). The largest absolute Gasteiger partial charge is 0.468 e. The molecule has 1 aliphatic carbocycles. The fourth-order valence-corrected chi connectivity index (χ4v) is 4.83. The number of benzene rings is 2. The Morgan fingerprint density at radius 3 is 2.15 bits per heavy atom. The standard InChI is InChI=1S/C27H31N3O8S/c1-36-24(32)13-29-25(33)22(30-23(31)12-11-21(28)26(34)37-2)15-39-27(35)38-14-20-18-9-5-3-7-16(18)17-8-4-6-10-19(17)20/h3-10,20-22H,11-15,28H2,1-2H3,(H,29,33)(H,30,31)/t21-,22-/m0/s1. The van der Waals surface area contributed by atoms with Crippen LogP contribution in [0.2, 0.25) is 0 Å². The Labute approximate surface area is 230 Å². The van der Waals surface area contributed by atoms with E-state index in [0.717, 1.165) is 34.0 Å². The molecular weight excluding hydrogens is 526 g/mol. The van der Waals surface area contributed by atoms with Crippen LogP contribution in [-0.2, 0) is 33.4 Å². The first-order chi connectivity index (χ1) is 18.7. The van der Waals surface area contributed by atoms with Crippen molar-refractivity contribution in [2.24, 2.45) is 5.73 Å². The molecule has 0 aliphatic heterocycles. The van der Waals surface area contributed by atoms with Crippen LogP contribution in [0.5, 0.6) is 0 Å². The van der Waals surface area contributed by atoms with Crippen LogP contribution >= 0.6 is 11.8 Å². The molecule has 0 saturated carbocycles. The zero-order chi connectivity index (χ0) is 28.4. The van der Waals surface area contributed by atoms with Gasteiger partial charge in [-0.15, -0.1) is 0 Å². The summed E-state index contributed by atoms with van der Waals surface area (Å²) in [4.78, 5) is 60.6. The Hall–Kier alpha value is -3.90. The lowest BCUT2D eigenvalue weighted by atomic mass is 9.98. The third kappa shape index (κ3) is 8.04. The molecule has 11 nitrogen and oxygen atoms in total. The van der Waals surface area contributed by atoms with Gasteiger partial charge in [-0.25, -0.2) is 4.79 Å². The maximum absolute atomic E-state index is 12.6. The third-order valence-electron chi connectivity index (χ3n) is 6.17. The monoisotopic (exact) mass is 557 g/mol. The number of hydrogen-bond acceptors (Lipinski definition) is 10. The Bertz CT molecular complexity index is 1180. The number of esters is 2. The van der Waals surface area contributed by atoms with Gasteiger partial charge >= 0.3 is 17.2 Å². The van der Waals surface area contributed by atoms with E-state index >= 15 is 0 Å². The van der Waals surface area contributed by atoms with E-state index in [1.54, 1.807) is 0 Å². The highest BCUT2D eigenvalue weighted by atomic mass is 32.2. The van der Waals surface area contributed by atoms with E-state index in [1.165, 1.54) is 14.2 Å². The lowest BCUT2D eigenvalue weighted by Gasteiger charge is -2.18. The van der Waals surface area contributed by atoms with Crippen molar-refractivity contribution < 1.29 is 38.2 Å². The van der Waals surface area contributed by atoms with Gasteiger partial charge in [-0.05, 0) is 40.4 Å². The van der Waals surface area contributed by atoms with Gasteiger partial charge in [0, 0.05) is 18.1 Å². The zero-order valence-corrected chi connectivity index (χ0v) is 22.5. The van der Waals surface area contributed by atoms with E-state index in [4.69, 9.17) is 10.5 Å². The van der Waals surface area contributed by atoms with Crippen molar-refractivity contribution in [3.8, 4) is 11.1 Å². The van der Waals surface area contributed by atoms with Crippen molar-refractivity contribution in [3.05, 3.63) is 59.7 Å². The average Bonchev–Trinajstić information content (AvgIpc) is 3.28. The molecule has 39 heavy (non-hydrogen) atoms. The predicted octanol–water partition coefficient (Wildman–Crippen LogP) is 1.72. The minimum absolute atomic E-state index is 0.00543. The maximum Gasteiger partial charge on any atom is 0.367 e. The lowest BCUT2D eigenvalue weighted by Crippen LogP contribution is -2.49. The number of ether oxygens (including phenoxy) is 3. The number of hydrogen-bond donors (Lipinski definition) is 3. The van der Waals surface area contributed by atoms with Crippen LogP contribution < -0.4 is 16.4 Å². The maximum atomic E-state index is 12.6. The highest BCUT2D eigenvalue weighted by Gasteiger charge is 2.30. The van der Waals surface area contributed by atoms with E-state index in [1.807, 2.05) is 48.5 Å². The summed E-state index contributed by atoms with van der Waals surface area (Å²) in [6.45, 7) is -0.304. The van der Waals surface area contributed by atoms with Gasteiger partial charge in [0.15, 0.2) is 0 Å². The van der Waals surface area contributed by atoms with Crippen molar-refractivity contribution in [1.82, 2.24) is 10.6 Å². The number of nitrogens with one attached hydrogen (secondary N) is 2. The van der Waals surface area contributed by atoms with E-state index in [0.29, 0.717) is 0 Å². The van der Waals surface area contributed by atoms with Crippen molar-refractivity contribution in [1.29, 1.82) is 0 Å². The highest BCUT2D eigenvalue weighted by Crippen LogP contribution is 2.44. The van der Waals surface area contributed by atoms with Gasteiger partial charge in [0.25, 0.3) is 0 Å². The van der Waals surface area contributed by atoms with Crippen LogP contribution in [-0.4, -0.2) is 74.3 Å². The van der Waals surface area contributed by atoms with Gasteiger partial charge in [-0.3, -0.25) is 19.2 Å². The molecule has 0 saturated heterocycles. The minimum Gasteiger partial charge on any atom is -0.468 e. The topological polar surface area (TPSA) is 163 Å². The number of rotatable bonds is 12. The van der Waals surface area contributed by atoms with Crippen LogP contribution in [0.15, 0.2) is 48.5 Å². The third-order valence-corrected chi connectivity index (χ3v) is 7.02. The van der Waals surface area contributed by atoms with Crippen molar-refractivity contribution in [2.45, 2.75) is 30.8 Å². The predicted molar refractivity (Wildman–Crippen MR) is 144 cm³/mol. The van der Waals surface area contributed by atoms with Crippen LogP contribution in [0.3, 0.4) is 0 Å². The lowest BCUT2D eigenvalue weighted by molar-refractivity contribution is -0.142. The van der Waals surface area contributed by atoms with Gasteiger partial charge in [0.2, 0.25) is 11.8 Å². The SMILES string of the molecule is COC(=O)CNC(=O)[C@H](CSC(=O)OCC1c2ccccc2-c2ccccc21)NC(=O)CC[C@H](N)C(=O)OC. The second-order valence-electron chi connectivity index (χ2n) is 8.68. The summed E-state index contributed by atoms with van der Waals surface area (Å²) in [5, 5.41) is 4.25. The Morgan fingerprint density at radius 1 is 0.949 bits per heavy atom. The summed E-state index contributed by atoms with van der Waals surface area (Å²) in [7, 11) is 2.36. The van der Waals surface area contributed by atoms with Gasteiger partial charge in [0.1, 0.15) is 25.2 Å². The molecule has 12 heteroatoms. The first kappa shape index (κ1) is 29.7. The Kier molecular flexibility index (Phi) is 10.9. The number of fused-ring (bicyclic) bond motifs is 3. The van der Waals surface area contributed by atoms with Gasteiger partial charge in [-0.1, -0.05) is 48.5 Å². The Morgan fingerprint density at radius 2 is 1.56 bits per heavy atom. The Balaban J connectivity index is 1.58. The smallest absolute Gasteiger partial charge is 0.367 e. The highest BCUT2D eigenvalue weighted by molar-refractivity contribution is 8.13. The van der Waals surface area contributed by atoms with E-state index in [9.17, 15) is 24.0 Å². The molecule has 2 atom stereocenters. The van der Waals surface area contributed by atoms with Gasteiger partial charge in [0.05, 0.1) is 14.2 Å². The van der Waals surface area contributed by atoms with E-state index in [2.05, 4.69) is 20.1 Å². The molecule has 0 unspecified atom stereocenters. The molecule has 0 fully saturated rings. The number of carbonyl (C=O) groups excluding carboxylic acids is 5. The minimum atomic E-state index is -1.16. The van der Waals surface area contributed by atoms with E-state index in [-0.39, 0.29) is 31.1 Å². The van der Waals surface area contributed by atoms with Crippen LogP contribution in [0.1, 0.15) is 29.9 Å². The molecule has 2 amide bonds. The molecule has 1 aliphatic rings. The first-order valence-electron chi connectivity index (χ1n) is 12.2.